The maximum absolute atomic E-state index is 13.4. The van der Waals surface area contributed by atoms with Crippen molar-refractivity contribution in [1.82, 2.24) is 4.90 Å². The first-order valence-corrected chi connectivity index (χ1v) is 11.4. The number of nitrogens with zero attached hydrogens (tertiary/aromatic N) is 2. The van der Waals surface area contributed by atoms with Gasteiger partial charge in [-0.05, 0) is 56.3 Å². The van der Waals surface area contributed by atoms with Crippen LogP contribution in [0.5, 0.6) is 0 Å². The zero-order valence-corrected chi connectivity index (χ0v) is 18.6. The highest BCUT2D eigenvalue weighted by atomic mass is 35.5. The highest BCUT2D eigenvalue weighted by Crippen LogP contribution is 2.26. The van der Waals surface area contributed by atoms with Crippen molar-refractivity contribution in [3.63, 3.8) is 0 Å². The molecule has 1 aliphatic rings. The lowest BCUT2D eigenvalue weighted by Gasteiger charge is -2.38. The molecule has 0 spiro atoms. The van der Waals surface area contributed by atoms with Gasteiger partial charge in [0.2, 0.25) is 0 Å². The van der Waals surface area contributed by atoms with Crippen LogP contribution in [-0.2, 0) is 14.8 Å². The quantitative estimate of drug-likeness (QED) is 0.627. The molecule has 0 atom stereocenters. The summed E-state index contributed by atoms with van der Waals surface area (Å²) in [5.74, 6) is -0.217. The van der Waals surface area contributed by atoms with Crippen LogP contribution in [0.3, 0.4) is 0 Å². The van der Waals surface area contributed by atoms with Gasteiger partial charge in [-0.1, -0.05) is 23.7 Å². The Hall–Kier alpha value is -2.35. The second-order valence-corrected chi connectivity index (χ2v) is 9.96. The Kier molecular flexibility index (Phi) is 6.55. The van der Waals surface area contributed by atoms with Crippen LogP contribution in [0.4, 0.5) is 5.69 Å². The monoisotopic (exact) mass is 448 g/mol. The molecule has 0 unspecified atom stereocenters. The van der Waals surface area contributed by atoms with Gasteiger partial charge in [-0.3, -0.25) is 9.10 Å². The van der Waals surface area contributed by atoms with Crippen molar-refractivity contribution in [3.05, 3.63) is 71.8 Å². The number of sulfonamides is 1. The summed E-state index contributed by atoms with van der Waals surface area (Å²) in [7, 11) is -3.92. The zero-order valence-electron chi connectivity index (χ0n) is 17.0. The van der Waals surface area contributed by atoms with Crippen LogP contribution in [0, 0.1) is 0 Å². The SMILES string of the molecule is C=CCN(c1ccc(Cl)cc1)S(=O)(=O)c1cccc(C(=O)N2CCOC(C)(C)C2)c1. The predicted molar refractivity (Wildman–Crippen MR) is 119 cm³/mol. The third kappa shape index (κ3) is 4.86. The molecule has 0 radical (unpaired) electrons. The first-order chi connectivity index (χ1) is 14.1. The van der Waals surface area contributed by atoms with E-state index in [0.29, 0.717) is 36.0 Å². The Bertz CT molecular complexity index is 1040. The van der Waals surface area contributed by atoms with E-state index in [9.17, 15) is 13.2 Å². The third-order valence-electron chi connectivity index (χ3n) is 4.79. The molecule has 1 heterocycles. The first-order valence-electron chi connectivity index (χ1n) is 9.56. The molecule has 1 aliphatic heterocycles. The Morgan fingerprint density at radius 3 is 2.60 bits per heavy atom. The van der Waals surface area contributed by atoms with Gasteiger partial charge in [0.05, 0.1) is 29.3 Å². The lowest BCUT2D eigenvalue weighted by molar-refractivity contribution is -0.0764. The largest absolute Gasteiger partial charge is 0.372 e. The van der Waals surface area contributed by atoms with Crippen molar-refractivity contribution >= 4 is 33.2 Å². The average molecular weight is 449 g/mol. The second-order valence-electron chi connectivity index (χ2n) is 7.66. The summed E-state index contributed by atoms with van der Waals surface area (Å²) in [4.78, 5) is 14.7. The summed E-state index contributed by atoms with van der Waals surface area (Å²) >= 11 is 5.93. The van der Waals surface area contributed by atoms with E-state index < -0.39 is 15.6 Å². The number of halogens is 1. The van der Waals surface area contributed by atoms with E-state index in [-0.39, 0.29) is 17.3 Å². The van der Waals surface area contributed by atoms with Gasteiger partial charge in [0.25, 0.3) is 15.9 Å². The van der Waals surface area contributed by atoms with Crippen LogP contribution < -0.4 is 4.31 Å². The minimum atomic E-state index is -3.92. The number of hydrogen-bond acceptors (Lipinski definition) is 4. The molecule has 160 valence electrons. The summed E-state index contributed by atoms with van der Waals surface area (Å²) < 4.78 is 33.6. The Morgan fingerprint density at radius 2 is 1.97 bits per heavy atom. The molecule has 8 heteroatoms. The maximum Gasteiger partial charge on any atom is 0.264 e. The number of carbonyl (C=O) groups is 1. The van der Waals surface area contributed by atoms with Gasteiger partial charge >= 0.3 is 0 Å². The van der Waals surface area contributed by atoms with Crippen molar-refractivity contribution in [3.8, 4) is 0 Å². The molecule has 30 heavy (non-hydrogen) atoms. The van der Waals surface area contributed by atoms with Crippen molar-refractivity contribution in [2.75, 3.05) is 30.5 Å². The van der Waals surface area contributed by atoms with Crippen LogP contribution in [0.2, 0.25) is 5.02 Å². The number of ether oxygens (including phenoxy) is 1. The molecule has 1 amide bonds. The fraction of sp³-hybridized carbons (Fsp3) is 0.318. The summed E-state index contributed by atoms with van der Waals surface area (Å²) in [5, 5.41) is 0.510. The second kappa shape index (κ2) is 8.79. The Morgan fingerprint density at radius 1 is 1.27 bits per heavy atom. The summed E-state index contributed by atoms with van der Waals surface area (Å²) in [6.07, 6.45) is 1.51. The van der Waals surface area contributed by atoms with Crippen LogP contribution in [-0.4, -0.2) is 51.1 Å². The van der Waals surface area contributed by atoms with Crippen LogP contribution >= 0.6 is 11.6 Å². The van der Waals surface area contributed by atoms with E-state index in [1.165, 1.54) is 22.5 Å². The van der Waals surface area contributed by atoms with Gasteiger partial charge < -0.3 is 9.64 Å². The zero-order chi connectivity index (χ0) is 21.9. The number of rotatable bonds is 6. The highest BCUT2D eigenvalue weighted by Gasteiger charge is 2.31. The van der Waals surface area contributed by atoms with Gasteiger partial charge in [-0.15, -0.1) is 6.58 Å². The lowest BCUT2D eigenvalue weighted by Crippen LogP contribution is -2.50. The van der Waals surface area contributed by atoms with Crippen LogP contribution in [0.1, 0.15) is 24.2 Å². The Labute approximate surface area is 182 Å². The molecular formula is C22H25ClN2O4S. The van der Waals surface area contributed by atoms with E-state index in [0.717, 1.165) is 0 Å². The first kappa shape index (κ1) is 22.3. The fourth-order valence-electron chi connectivity index (χ4n) is 3.36. The smallest absolute Gasteiger partial charge is 0.264 e. The molecule has 0 aromatic heterocycles. The topological polar surface area (TPSA) is 66.9 Å². The highest BCUT2D eigenvalue weighted by molar-refractivity contribution is 7.92. The van der Waals surface area contributed by atoms with Crippen LogP contribution in [0.15, 0.2) is 66.1 Å². The maximum atomic E-state index is 13.4. The Balaban J connectivity index is 1.93. The number of hydrogen-bond donors (Lipinski definition) is 0. The molecule has 0 N–H and O–H groups in total. The van der Waals surface area contributed by atoms with E-state index in [2.05, 4.69) is 6.58 Å². The molecule has 0 bridgehead atoms. The van der Waals surface area contributed by atoms with Crippen molar-refractivity contribution < 1.29 is 17.9 Å². The summed E-state index contributed by atoms with van der Waals surface area (Å²) in [5.41, 5.74) is 0.349. The van der Waals surface area contributed by atoms with Gasteiger partial charge in [0.1, 0.15) is 0 Å². The lowest BCUT2D eigenvalue weighted by atomic mass is 10.1. The molecule has 1 saturated heterocycles. The normalized spacial score (nSPS) is 16.2. The molecule has 0 saturated carbocycles. The number of benzene rings is 2. The molecule has 2 aromatic rings. The molecular weight excluding hydrogens is 424 g/mol. The van der Waals surface area contributed by atoms with Crippen molar-refractivity contribution in [2.45, 2.75) is 24.3 Å². The minimum absolute atomic E-state index is 0.0395. The number of morpholine rings is 1. The standard InChI is InChI=1S/C22H25ClN2O4S/c1-4-12-25(19-10-8-18(23)9-11-19)30(27,28)20-7-5-6-17(15-20)21(26)24-13-14-29-22(2,3)16-24/h4-11,15H,1,12-14,16H2,2-3H3. The molecule has 0 aliphatic carbocycles. The molecule has 2 aromatic carbocycles. The molecule has 6 nitrogen and oxygen atoms in total. The van der Waals surface area contributed by atoms with E-state index in [1.807, 2.05) is 13.8 Å². The van der Waals surface area contributed by atoms with Gasteiger partial charge in [-0.2, -0.15) is 0 Å². The fourth-order valence-corrected chi connectivity index (χ4v) is 4.96. The molecule has 3 rings (SSSR count). The predicted octanol–water partition coefficient (Wildman–Crippen LogP) is 3.97. The van der Waals surface area contributed by atoms with Gasteiger partial charge in [0.15, 0.2) is 0 Å². The average Bonchev–Trinajstić information content (AvgIpc) is 2.71. The number of anilines is 1. The number of carbonyl (C=O) groups excluding carboxylic acids is 1. The van der Waals surface area contributed by atoms with E-state index >= 15 is 0 Å². The minimum Gasteiger partial charge on any atom is -0.372 e. The van der Waals surface area contributed by atoms with Gasteiger partial charge in [-0.25, -0.2) is 8.42 Å². The van der Waals surface area contributed by atoms with E-state index in [4.69, 9.17) is 16.3 Å². The third-order valence-corrected chi connectivity index (χ3v) is 6.83. The van der Waals surface area contributed by atoms with Gasteiger partial charge in [0, 0.05) is 23.7 Å². The van der Waals surface area contributed by atoms with E-state index in [1.54, 1.807) is 41.3 Å². The molecule has 1 fully saturated rings. The van der Waals surface area contributed by atoms with Crippen molar-refractivity contribution in [1.29, 1.82) is 0 Å². The van der Waals surface area contributed by atoms with Crippen molar-refractivity contribution in [2.24, 2.45) is 0 Å². The number of amides is 1. The summed E-state index contributed by atoms with van der Waals surface area (Å²) in [6.45, 7) is 8.95. The van der Waals surface area contributed by atoms with Crippen LogP contribution in [0.25, 0.3) is 0 Å². The summed E-state index contributed by atoms with van der Waals surface area (Å²) in [6, 6.07) is 12.6.